The van der Waals surface area contributed by atoms with Crippen molar-refractivity contribution in [2.75, 3.05) is 0 Å². The Kier molecular flexibility index (Phi) is 2.84. The maximum absolute atomic E-state index is 12.4. The maximum Gasteiger partial charge on any atom is 0.433 e. The van der Waals surface area contributed by atoms with E-state index in [1.807, 2.05) is 0 Å². The highest BCUT2D eigenvalue weighted by Gasteiger charge is 2.32. The average Bonchev–Trinajstić information content (AvgIpc) is 2.76. The van der Waals surface area contributed by atoms with Gasteiger partial charge in [0.05, 0.1) is 6.54 Å². The number of nitrogens with two attached hydrogens (primary N) is 1. The molecule has 2 aromatic rings. The first-order valence-electron chi connectivity index (χ1n) is 4.70. The van der Waals surface area contributed by atoms with E-state index in [1.54, 1.807) is 0 Å². The molecule has 0 amide bonds. The van der Waals surface area contributed by atoms with Crippen molar-refractivity contribution in [3.8, 4) is 11.3 Å². The van der Waals surface area contributed by atoms with Gasteiger partial charge in [-0.25, -0.2) is 0 Å². The van der Waals surface area contributed by atoms with Crippen molar-refractivity contribution in [3.05, 3.63) is 35.9 Å². The molecule has 0 aliphatic heterocycles. The third kappa shape index (κ3) is 2.44. The summed E-state index contributed by atoms with van der Waals surface area (Å²) in [5.41, 5.74) is 4.94. The Bertz CT molecular complexity index is 522. The van der Waals surface area contributed by atoms with Crippen molar-refractivity contribution in [2.45, 2.75) is 12.7 Å². The van der Waals surface area contributed by atoms with Crippen molar-refractivity contribution in [1.29, 1.82) is 0 Å². The summed E-state index contributed by atoms with van der Waals surface area (Å²) in [5, 5.41) is 3.63. The lowest BCUT2D eigenvalue weighted by Crippen LogP contribution is -2.07. The average molecular weight is 243 g/mol. The van der Waals surface area contributed by atoms with Gasteiger partial charge in [-0.15, -0.1) is 0 Å². The van der Waals surface area contributed by atoms with Crippen LogP contribution in [0.15, 0.2) is 28.9 Å². The van der Waals surface area contributed by atoms with Crippen LogP contribution in [0.3, 0.4) is 0 Å². The summed E-state index contributed by atoms with van der Waals surface area (Å²) in [6, 6.07) is 3.83. The van der Waals surface area contributed by atoms with Gasteiger partial charge in [-0.3, -0.25) is 4.98 Å². The minimum Gasteiger partial charge on any atom is -0.359 e. The van der Waals surface area contributed by atoms with E-state index in [0.29, 0.717) is 11.5 Å². The summed E-state index contributed by atoms with van der Waals surface area (Å²) in [5.74, 6) is 0.408. The summed E-state index contributed by atoms with van der Waals surface area (Å²) in [6.45, 7) is 0.143. The fourth-order valence-corrected chi connectivity index (χ4v) is 1.29. The van der Waals surface area contributed by atoms with Gasteiger partial charge in [-0.05, 0) is 12.1 Å². The topological polar surface area (TPSA) is 64.9 Å². The Labute approximate surface area is 94.2 Å². The lowest BCUT2D eigenvalue weighted by Gasteiger charge is -2.05. The van der Waals surface area contributed by atoms with Gasteiger partial charge in [0.15, 0.2) is 5.76 Å². The fourth-order valence-electron chi connectivity index (χ4n) is 1.29. The molecule has 0 fully saturated rings. The number of hydrogen-bond acceptors (Lipinski definition) is 4. The van der Waals surface area contributed by atoms with Crippen molar-refractivity contribution < 1.29 is 17.7 Å². The SMILES string of the molecule is NCc1cc(-c2ccnc(C(F)(F)F)c2)no1. The third-order valence-corrected chi connectivity index (χ3v) is 2.11. The molecule has 4 nitrogen and oxygen atoms in total. The predicted octanol–water partition coefficient (Wildman–Crippen LogP) is 2.21. The molecule has 2 rings (SSSR count). The molecule has 0 aliphatic carbocycles. The van der Waals surface area contributed by atoms with Crippen LogP contribution in [-0.2, 0) is 12.7 Å². The van der Waals surface area contributed by atoms with Gasteiger partial charge in [0, 0.05) is 17.8 Å². The number of rotatable bonds is 2. The summed E-state index contributed by atoms with van der Waals surface area (Å²) >= 11 is 0. The Morgan fingerprint density at radius 2 is 2.06 bits per heavy atom. The van der Waals surface area contributed by atoms with Crippen LogP contribution in [-0.4, -0.2) is 10.1 Å². The van der Waals surface area contributed by atoms with Crippen LogP contribution in [0.1, 0.15) is 11.5 Å². The molecule has 90 valence electrons. The number of pyridine rings is 1. The molecule has 0 bridgehead atoms. The second-order valence-electron chi connectivity index (χ2n) is 3.31. The van der Waals surface area contributed by atoms with E-state index >= 15 is 0 Å². The van der Waals surface area contributed by atoms with Crippen LogP contribution in [0, 0.1) is 0 Å². The van der Waals surface area contributed by atoms with E-state index in [1.165, 1.54) is 12.1 Å². The van der Waals surface area contributed by atoms with E-state index in [0.717, 1.165) is 12.3 Å². The zero-order valence-corrected chi connectivity index (χ0v) is 8.53. The predicted molar refractivity (Wildman–Crippen MR) is 52.6 cm³/mol. The first-order valence-corrected chi connectivity index (χ1v) is 4.70. The third-order valence-electron chi connectivity index (χ3n) is 2.11. The molecule has 2 aromatic heterocycles. The van der Waals surface area contributed by atoms with E-state index < -0.39 is 11.9 Å². The largest absolute Gasteiger partial charge is 0.433 e. The van der Waals surface area contributed by atoms with Gasteiger partial charge in [-0.2, -0.15) is 13.2 Å². The smallest absolute Gasteiger partial charge is 0.359 e. The van der Waals surface area contributed by atoms with Crippen LogP contribution in [0.25, 0.3) is 11.3 Å². The summed E-state index contributed by atoms with van der Waals surface area (Å²) in [4.78, 5) is 3.26. The highest BCUT2D eigenvalue weighted by Crippen LogP contribution is 2.30. The highest BCUT2D eigenvalue weighted by molar-refractivity contribution is 5.58. The number of halogens is 3. The molecule has 0 saturated heterocycles. The van der Waals surface area contributed by atoms with Gasteiger partial charge in [0.25, 0.3) is 0 Å². The summed E-state index contributed by atoms with van der Waals surface area (Å²) in [7, 11) is 0. The van der Waals surface area contributed by atoms with E-state index in [9.17, 15) is 13.2 Å². The zero-order valence-electron chi connectivity index (χ0n) is 8.53. The van der Waals surface area contributed by atoms with Crippen molar-refractivity contribution >= 4 is 0 Å². The Morgan fingerprint density at radius 3 is 2.65 bits per heavy atom. The molecule has 0 radical (unpaired) electrons. The molecule has 7 heteroatoms. The van der Waals surface area contributed by atoms with E-state index in [2.05, 4.69) is 10.1 Å². The second kappa shape index (κ2) is 4.17. The molecule has 0 atom stereocenters. The molecule has 2 heterocycles. The molecule has 0 aromatic carbocycles. The second-order valence-corrected chi connectivity index (χ2v) is 3.31. The molecule has 17 heavy (non-hydrogen) atoms. The lowest BCUT2D eigenvalue weighted by atomic mass is 10.1. The molecule has 0 unspecified atom stereocenters. The van der Waals surface area contributed by atoms with Crippen LogP contribution in [0.5, 0.6) is 0 Å². The van der Waals surface area contributed by atoms with E-state index in [-0.39, 0.29) is 12.1 Å². The molecule has 0 saturated carbocycles. The Balaban J connectivity index is 2.39. The zero-order chi connectivity index (χ0) is 12.5. The van der Waals surface area contributed by atoms with Crippen molar-refractivity contribution in [2.24, 2.45) is 5.73 Å². The van der Waals surface area contributed by atoms with Crippen LogP contribution in [0.4, 0.5) is 13.2 Å². The molecular weight excluding hydrogens is 235 g/mol. The fraction of sp³-hybridized carbons (Fsp3) is 0.200. The van der Waals surface area contributed by atoms with Gasteiger partial charge in [-0.1, -0.05) is 5.16 Å². The summed E-state index contributed by atoms with van der Waals surface area (Å²) in [6.07, 6.45) is -3.40. The summed E-state index contributed by atoms with van der Waals surface area (Å²) < 4.78 is 42.1. The molecule has 0 spiro atoms. The highest BCUT2D eigenvalue weighted by atomic mass is 19.4. The number of aromatic nitrogens is 2. The quantitative estimate of drug-likeness (QED) is 0.878. The van der Waals surface area contributed by atoms with E-state index in [4.69, 9.17) is 10.3 Å². The molecule has 0 aliphatic rings. The minimum atomic E-state index is -4.48. The Morgan fingerprint density at radius 1 is 1.29 bits per heavy atom. The standard InChI is InChI=1S/C10H8F3N3O/c11-10(12,13)9-3-6(1-2-15-9)8-4-7(5-14)17-16-8/h1-4H,5,14H2. The van der Waals surface area contributed by atoms with Crippen LogP contribution >= 0.6 is 0 Å². The maximum atomic E-state index is 12.4. The van der Waals surface area contributed by atoms with Crippen LogP contribution in [0.2, 0.25) is 0 Å². The number of alkyl halides is 3. The monoisotopic (exact) mass is 243 g/mol. The van der Waals surface area contributed by atoms with Gasteiger partial charge < -0.3 is 10.3 Å². The first kappa shape index (κ1) is 11.6. The van der Waals surface area contributed by atoms with Crippen LogP contribution < -0.4 is 5.73 Å². The minimum absolute atomic E-state index is 0.143. The lowest BCUT2D eigenvalue weighted by molar-refractivity contribution is -0.141. The number of hydrogen-bond donors (Lipinski definition) is 1. The van der Waals surface area contributed by atoms with Gasteiger partial charge in [0.1, 0.15) is 11.4 Å². The Hall–Kier alpha value is -1.89. The van der Waals surface area contributed by atoms with Crippen molar-refractivity contribution in [1.82, 2.24) is 10.1 Å². The van der Waals surface area contributed by atoms with Crippen molar-refractivity contribution in [3.63, 3.8) is 0 Å². The van der Waals surface area contributed by atoms with Gasteiger partial charge in [0.2, 0.25) is 0 Å². The van der Waals surface area contributed by atoms with Gasteiger partial charge >= 0.3 is 6.18 Å². The molecule has 2 N–H and O–H groups in total. The molecular formula is C10H8F3N3O. The first-order chi connectivity index (χ1) is 8.00. The number of nitrogens with zero attached hydrogens (tertiary/aromatic N) is 2. The normalized spacial score (nSPS) is 11.8.